The molecular weight excluding hydrogens is 211 g/mol. The van der Waals surface area contributed by atoms with E-state index < -0.39 is 11.7 Å². The summed E-state index contributed by atoms with van der Waals surface area (Å²) < 4.78 is 17.9. The predicted octanol–water partition coefficient (Wildman–Crippen LogP) is 1.17. The first-order chi connectivity index (χ1) is 7.54. The topological polar surface area (TPSA) is 64.3 Å². The Morgan fingerprint density at radius 1 is 1.62 bits per heavy atom. The minimum Gasteiger partial charge on any atom is -0.398 e. The Labute approximate surface area is 93.6 Å². The van der Waals surface area contributed by atoms with Gasteiger partial charge in [0.05, 0.1) is 11.7 Å². The summed E-state index contributed by atoms with van der Waals surface area (Å²) in [6.45, 7) is 2.17. The first-order valence-electron chi connectivity index (χ1n) is 4.90. The zero-order valence-electron chi connectivity index (χ0n) is 9.29. The maximum Gasteiger partial charge on any atom is 0.253 e. The van der Waals surface area contributed by atoms with Gasteiger partial charge in [0.2, 0.25) is 0 Å². The summed E-state index contributed by atoms with van der Waals surface area (Å²) in [7, 11) is 1.55. The molecule has 4 nitrogen and oxygen atoms in total. The molecule has 0 aliphatic carbocycles. The number of hydrogen-bond acceptors (Lipinski definition) is 3. The van der Waals surface area contributed by atoms with Crippen molar-refractivity contribution < 1.29 is 13.9 Å². The number of benzene rings is 1. The number of anilines is 1. The first kappa shape index (κ1) is 12.4. The van der Waals surface area contributed by atoms with Gasteiger partial charge in [-0.25, -0.2) is 4.39 Å². The number of hydrogen-bond donors (Lipinski definition) is 2. The molecule has 3 N–H and O–H groups in total. The van der Waals surface area contributed by atoms with Gasteiger partial charge in [0.1, 0.15) is 5.82 Å². The van der Waals surface area contributed by atoms with Gasteiger partial charge < -0.3 is 15.8 Å². The SMILES string of the molecule is COC(C)CNC(=O)c1cc(F)ccc1N. The molecule has 0 saturated carbocycles. The van der Waals surface area contributed by atoms with Crippen LogP contribution in [0, 0.1) is 5.82 Å². The molecule has 0 saturated heterocycles. The van der Waals surface area contributed by atoms with E-state index in [1.54, 1.807) is 7.11 Å². The molecule has 1 amide bonds. The number of nitrogen functional groups attached to an aromatic ring is 1. The lowest BCUT2D eigenvalue weighted by atomic mass is 10.1. The highest BCUT2D eigenvalue weighted by molar-refractivity contribution is 5.99. The van der Waals surface area contributed by atoms with Crippen LogP contribution in [0.5, 0.6) is 0 Å². The van der Waals surface area contributed by atoms with Gasteiger partial charge in [0.15, 0.2) is 0 Å². The molecule has 1 aromatic carbocycles. The van der Waals surface area contributed by atoms with Crippen molar-refractivity contribution in [1.29, 1.82) is 0 Å². The monoisotopic (exact) mass is 226 g/mol. The lowest BCUT2D eigenvalue weighted by Gasteiger charge is -2.11. The van der Waals surface area contributed by atoms with Crippen LogP contribution in [0.4, 0.5) is 10.1 Å². The fraction of sp³-hybridized carbons (Fsp3) is 0.364. The van der Waals surface area contributed by atoms with Crippen molar-refractivity contribution in [1.82, 2.24) is 5.32 Å². The highest BCUT2D eigenvalue weighted by Crippen LogP contribution is 2.12. The molecule has 88 valence electrons. The molecular formula is C11H15FN2O2. The van der Waals surface area contributed by atoms with Crippen molar-refractivity contribution in [2.75, 3.05) is 19.4 Å². The van der Waals surface area contributed by atoms with Crippen LogP contribution in [0.25, 0.3) is 0 Å². The van der Waals surface area contributed by atoms with E-state index in [1.165, 1.54) is 12.1 Å². The Morgan fingerprint density at radius 3 is 2.94 bits per heavy atom. The lowest BCUT2D eigenvalue weighted by molar-refractivity contribution is 0.0871. The molecule has 0 spiro atoms. The third-order valence-electron chi connectivity index (χ3n) is 2.21. The molecule has 0 aliphatic heterocycles. The quantitative estimate of drug-likeness (QED) is 0.757. The van der Waals surface area contributed by atoms with E-state index in [0.717, 1.165) is 6.07 Å². The molecule has 1 unspecified atom stereocenters. The molecule has 16 heavy (non-hydrogen) atoms. The van der Waals surface area contributed by atoms with Crippen LogP contribution in [0.3, 0.4) is 0 Å². The Bertz CT molecular complexity index is 382. The van der Waals surface area contributed by atoms with E-state index in [9.17, 15) is 9.18 Å². The Hall–Kier alpha value is -1.62. The molecule has 0 fully saturated rings. The molecule has 1 rings (SSSR count). The number of rotatable bonds is 4. The fourth-order valence-electron chi connectivity index (χ4n) is 1.14. The van der Waals surface area contributed by atoms with Crippen LogP contribution < -0.4 is 11.1 Å². The van der Waals surface area contributed by atoms with Gasteiger partial charge in [-0.3, -0.25) is 4.79 Å². The zero-order valence-corrected chi connectivity index (χ0v) is 9.29. The average Bonchev–Trinajstić information content (AvgIpc) is 2.28. The standard InChI is InChI=1S/C11H15FN2O2/c1-7(16-2)6-14-11(15)9-5-8(12)3-4-10(9)13/h3-5,7H,6,13H2,1-2H3,(H,14,15). The molecule has 0 bridgehead atoms. The molecule has 1 aromatic rings. The van der Waals surface area contributed by atoms with Gasteiger partial charge in [-0.1, -0.05) is 0 Å². The first-order valence-corrected chi connectivity index (χ1v) is 4.90. The number of methoxy groups -OCH3 is 1. The van der Waals surface area contributed by atoms with Gasteiger partial charge in [-0.2, -0.15) is 0 Å². The van der Waals surface area contributed by atoms with E-state index in [2.05, 4.69) is 5.32 Å². The normalized spacial score (nSPS) is 12.2. The largest absolute Gasteiger partial charge is 0.398 e. The molecule has 0 aliphatic rings. The highest BCUT2D eigenvalue weighted by atomic mass is 19.1. The number of carbonyl (C=O) groups excluding carboxylic acids is 1. The number of amides is 1. The summed E-state index contributed by atoms with van der Waals surface area (Å²) in [5, 5.41) is 2.61. The van der Waals surface area contributed by atoms with Crippen molar-refractivity contribution in [3.63, 3.8) is 0 Å². The van der Waals surface area contributed by atoms with Crippen LogP contribution in [0.1, 0.15) is 17.3 Å². The van der Waals surface area contributed by atoms with Crippen molar-refractivity contribution in [3.05, 3.63) is 29.6 Å². The van der Waals surface area contributed by atoms with Crippen molar-refractivity contribution >= 4 is 11.6 Å². The highest BCUT2D eigenvalue weighted by Gasteiger charge is 2.11. The molecule has 0 radical (unpaired) electrons. The van der Waals surface area contributed by atoms with E-state index in [0.29, 0.717) is 6.54 Å². The second-order valence-corrected chi connectivity index (χ2v) is 3.49. The molecule has 1 atom stereocenters. The van der Waals surface area contributed by atoms with Crippen molar-refractivity contribution in [3.8, 4) is 0 Å². The van der Waals surface area contributed by atoms with Gasteiger partial charge >= 0.3 is 0 Å². The van der Waals surface area contributed by atoms with Gasteiger partial charge in [-0.05, 0) is 25.1 Å². The average molecular weight is 226 g/mol. The molecule has 5 heteroatoms. The van der Waals surface area contributed by atoms with Crippen LogP contribution >= 0.6 is 0 Å². The summed E-state index contributed by atoms with van der Waals surface area (Å²) in [5.74, 6) is -0.889. The lowest BCUT2D eigenvalue weighted by Crippen LogP contribution is -2.32. The molecule has 0 aromatic heterocycles. The second-order valence-electron chi connectivity index (χ2n) is 3.49. The van der Waals surface area contributed by atoms with Crippen molar-refractivity contribution in [2.45, 2.75) is 13.0 Å². The number of ether oxygens (including phenoxy) is 1. The Morgan fingerprint density at radius 2 is 2.31 bits per heavy atom. The Balaban J connectivity index is 2.69. The third-order valence-corrected chi connectivity index (χ3v) is 2.21. The van der Waals surface area contributed by atoms with E-state index >= 15 is 0 Å². The van der Waals surface area contributed by atoms with Crippen LogP contribution in [0.2, 0.25) is 0 Å². The van der Waals surface area contributed by atoms with Crippen LogP contribution in [0.15, 0.2) is 18.2 Å². The minimum atomic E-state index is -0.487. The summed E-state index contributed by atoms with van der Waals surface area (Å²) in [6, 6.07) is 3.69. The second kappa shape index (κ2) is 5.46. The van der Waals surface area contributed by atoms with E-state index in [-0.39, 0.29) is 17.4 Å². The Kier molecular flexibility index (Phi) is 4.25. The summed E-state index contributed by atoms with van der Waals surface area (Å²) in [5.41, 5.74) is 5.97. The number of carbonyl (C=O) groups is 1. The van der Waals surface area contributed by atoms with Crippen molar-refractivity contribution in [2.24, 2.45) is 0 Å². The van der Waals surface area contributed by atoms with Gasteiger partial charge in [-0.15, -0.1) is 0 Å². The summed E-state index contributed by atoms with van der Waals surface area (Å²) >= 11 is 0. The number of nitrogens with two attached hydrogens (primary N) is 1. The van der Waals surface area contributed by atoms with Crippen LogP contribution in [-0.2, 0) is 4.74 Å². The van der Waals surface area contributed by atoms with E-state index in [1.807, 2.05) is 6.92 Å². The zero-order chi connectivity index (χ0) is 12.1. The predicted molar refractivity (Wildman–Crippen MR) is 59.6 cm³/mol. The number of nitrogens with one attached hydrogen (secondary N) is 1. The van der Waals surface area contributed by atoms with Gasteiger partial charge in [0.25, 0.3) is 5.91 Å². The maximum atomic E-state index is 12.9. The summed E-state index contributed by atoms with van der Waals surface area (Å²) in [4.78, 5) is 11.6. The fourth-order valence-corrected chi connectivity index (χ4v) is 1.14. The van der Waals surface area contributed by atoms with Crippen LogP contribution in [-0.4, -0.2) is 25.7 Å². The minimum absolute atomic E-state index is 0.0984. The smallest absolute Gasteiger partial charge is 0.253 e. The maximum absolute atomic E-state index is 12.9. The third kappa shape index (κ3) is 3.20. The number of halogens is 1. The summed E-state index contributed by atoms with van der Waals surface area (Å²) in [6.07, 6.45) is -0.0984. The molecule has 0 heterocycles. The van der Waals surface area contributed by atoms with E-state index in [4.69, 9.17) is 10.5 Å². The van der Waals surface area contributed by atoms with Gasteiger partial charge in [0, 0.05) is 19.3 Å².